The van der Waals surface area contributed by atoms with Crippen LogP contribution in [0.5, 0.6) is 0 Å². The summed E-state index contributed by atoms with van der Waals surface area (Å²) < 4.78 is 0. The summed E-state index contributed by atoms with van der Waals surface area (Å²) in [7, 11) is 0. The predicted molar refractivity (Wildman–Crippen MR) is 62.0 cm³/mol. The molecule has 88 valence electrons. The number of hydrogen-bond acceptors (Lipinski definition) is 3. The second-order valence-electron chi connectivity index (χ2n) is 4.23. The first-order chi connectivity index (χ1) is 7.74. The van der Waals surface area contributed by atoms with Crippen LogP contribution in [0.15, 0.2) is 6.20 Å². The maximum Gasteiger partial charge on any atom is 0.274 e. The summed E-state index contributed by atoms with van der Waals surface area (Å²) >= 11 is 0. The van der Waals surface area contributed by atoms with Gasteiger partial charge in [-0.1, -0.05) is 12.8 Å². The van der Waals surface area contributed by atoms with E-state index in [1.54, 1.807) is 0 Å². The van der Waals surface area contributed by atoms with Gasteiger partial charge < -0.3 is 10.6 Å². The van der Waals surface area contributed by atoms with Crippen molar-refractivity contribution >= 4 is 11.6 Å². The molecule has 0 bridgehead atoms. The fourth-order valence-corrected chi connectivity index (χ4v) is 2.39. The third-order valence-corrected chi connectivity index (χ3v) is 3.25. The van der Waals surface area contributed by atoms with Crippen molar-refractivity contribution in [1.29, 1.82) is 0 Å². The molecule has 2 rings (SSSR count). The minimum atomic E-state index is -0.0237. The lowest BCUT2D eigenvalue weighted by atomic mass is 10.2. The summed E-state index contributed by atoms with van der Waals surface area (Å²) in [6, 6.07) is 0.375. The maximum absolute atomic E-state index is 12.2. The Morgan fingerprint density at radius 1 is 1.62 bits per heavy atom. The molecule has 5 heteroatoms. The molecule has 0 aromatic carbocycles. The molecule has 1 saturated carbocycles. The number of carbonyl (C=O) groups is 1. The lowest BCUT2D eigenvalue weighted by Gasteiger charge is -2.27. The Kier molecular flexibility index (Phi) is 3.12. The van der Waals surface area contributed by atoms with Crippen molar-refractivity contribution in [1.82, 2.24) is 15.1 Å². The van der Waals surface area contributed by atoms with E-state index in [9.17, 15) is 4.79 Å². The molecule has 16 heavy (non-hydrogen) atoms. The van der Waals surface area contributed by atoms with E-state index in [1.165, 1.54) is 19.0 Å². The van der Waals surface area contributed by atoms with Crippen LogP contribution in [0.4, 0.5) is 5.69 Å². The van der Waals surface area contributed by atoms with Gasteiger partial charge in [0.2, 0.25) is 0 Å². The molecule has 0 radical (unpaired) electrons. The quantitative estimate of drug-likeness (QED) is 0.811. The van der Waals surface area contributed by atoms with Gasteiger partial charge in [0, 0.05) is 12.6 Å². The van der Waals surface area contributed by atoms with Gasteiger partial charge in [-0.25, -0.2) is 0 Å². The molecule has 1 aromatic rings. The zero-order valence-corrected chi connectivity index (χ0v) is 9.57. The van der Waals surface area contributed by atoms with Crippen molar-refractivity contribution < 1.29 is 4.79 Å². The third kappa shape index (κ3) is 1.89. The molecule has 0 spiro atoms. The number of carbonyl (C=O) groups excluding carboxylic acids is 1. The number of nitrogens with zero attached hydrogens (tertiary/aromatic N) is 2. The Hall–Kier alpha value is -1.52. The van der Waals surface area contributed by atoms with Gasteiger partial charge >= 0.3 is 0 Å². The van der Waals surface area contributed by atoms with Crippen LogP contribution in [0.1, 0.15) is 43.1 Å². The molecule has 3 N–H and O–H groups in total. The number of nitrogen functional groups attached to an aromatic ring is 1. The lowest BCUT2D eigenvalue weighted by Crippen LogP contribution is -2.39. The Balaban J connectivity index is 2.15. The van der Waals surface area contributed by atoms with E-state index in [0.717, 1.165) is 19.4 Å². The smallest absolute Gasteiger partial charge is 0.274 e. The van der Waals surface area contributed by atoms with Crippen LogP contribution in [0.2, 0.25) is 0 Å². The first-order valence-electron chi connectivity index (χ1n) is 5.83. The highest BCUT2D eigenvalue weighted by atomic mass is 16.2. The number of nitrogens with two attached hydrogens (primary N) is 1. The standard InChI is InChI=1S/C11H18N4O/c1-2-15(8-5-3-4-6-8)11(16)10-9(12)7-13-14-10/h7-8H,2-6,12H2,1H3,(H,13,14). The number of amides is 1. The Bertz CT molecular complexity index is 368. The molecule has 1 amide bonds. The van der Waals surface area contributed by atoms with Crippen LogP contribution in [0.3, 0.4) is 0 Å². The van der Waals surface area contributed by atoms with Gasteiger partial charge in [0.1, 0.15) is 5.69 Å². The second-order valence-corrected chi connectivity index (χ2v) is 4.23. The minimum Gasteiger partial charge on any atom is -0.396 e. The topological polar surface area (TPSA) is 75.0 Å². The van der Waals surface area contributed by atoms with Crippen molar-refractivity contribution in [2.75, 3.05) is 12.3 Å². The normalized spacial score (nSPS) is 16.6. The number of aromatic nitrogens is 2. The summed E-state index contributed by atoms with van der Waals surface area (Å²) in [5.74, 6) is -0.0237. The Labute approximate surface area is 95.0 Å². The number of H-pyrrole nitrogens is 1. The van der Waals surface area contributed by atoms with Crippen LogP contribution in [-0.2, 0) is 0 Å². The number of rotatable bonds is 3. The first-order valence-corrected chi connectivity index (χ1v) is 5.83. The van der Waals surface area contributed by atoms with Gasteiger partial charge in [-0.2, -0.15) is 5.10 Å². The average molecular weight is 222 g/mol. The van der Waals surface area contributed by atoms with Gasteiger partial charge in [-0.15, -0.1) is 0 Å². The van der Waals surface area contributed by atoms with Gasteiger partial charge in [-0.3, -0.25) is 9.89 Å². The van der Waals surface area contributed by atoms with E-state index in [-0.39, 0.29) is 5.91 Å². The van der Waals surface area contributed by atoms with Crippen molar-refractivity contribution in [2.45, 2.75) is 38.6 Å². The second kappa shape index (κ2) is 4.55. The van der Waals surface area contributed by atoms with E-state index >= 15 is 0 Å². The monoisotopic (exact) mass is 222 g/mol. The molecule has 1 heterocycles. The van der Waals surface area contributed by atoms with Crippen molar-refractivity contribution in [2.24, 2.45) is 0 Å². The number of aromatic amines is 1. The van der Waals surface area contributed by atoms with E-state index in [1.807, 2.05) is 11.8 Å². The van der Waals surface area contributed by atoms with E-state index < -0.39 is 0 Å². The molecular formula is C11H18N4O. The average Bonchev–Trinajstić information content (AvgIpc) is 2.90. The summed E-state index contributed by atoms with van der Waals surface area (Å²) in [6.07, 6.45) is 6.12. The lowest BCUT2D eigenvalue weighted by molar-refractivity contribution is 0.0688. The summed E-state index contributed by atoms with van der Waals surface area (Å²) in [6.45, 7) is 2.73. The highest BCUT2D eigenvalue weighted by molar-refractivity contribution is 5.97. The molecule has 0 unspecified atom stereocenters. The predicted octanol–water partition coefficient (Wildman–Crippen LogP) is 1.40. The molecule has 1 aliphatic carbocycles. The van der Waals surface area contributed by atoms with Gasteiger partial charge in [0.15, 0.2) is 0 Å². The van der Waals surface area contributed by atoms with Gasteiger partial charge in [0.05, 0.1) is 11.9 Å². The van der Waals surface area contributed by atoms with Crippen LogP contribution in [0.25, 0.3) is 0 Å². The highest BCUT2D eigenvalue weighted by Gasteiger charge is 2.27. The van der Waals surface area contributed by atoms with E-state index in [4.69, 9.17) is 5.73 Å². The third-order valence-electron chi connectivity index (χ3n) is 3.25. The molecule has 1 aromatic heterocycles. The highest BCUT2D eigenvalue weighted by Crippen LogP contribution is 2.25. The molecule has 0 atom stereocenters. The molecule has 1 aliphatic rings. The summed E-state index contributed by atoms with van der Waals surface area (Å²) in [5, 5.41) is 6.47. The number of hydrogen-bond donors (Lipinski definition) is 2. The van der Waals surface area contributed by atoms with E-state index in [0.29, 0.717) is 17.4 Å². The fourth-order valence-electron chi connectivity index (χ4n) is 2.39. The molecule has 0 aliphatic heterocycles. The maximum atomic E-state index is 12.2. The van der Waals surface area contributed by atoms with Crippen LogP contribution < -0.4 is 5.73 Å². The Morgan fingerprint density at radius 2 is 2.31 bits per heavy atom. The van der Waals surface area contributed by atoms with Crippen molar-refractivity contribution in [3.8, 4) is 0 Å². The molecule has 0 saturated heterocycles. The SMILES string of the molecule is CCN(C(=O)c1[nH]ncc1N)C1CCCC1. The van der Waals surface area contributed by atoms with Crippen molar-refractivity contribution in [3.05, 3.63) is 11.9 Å². The van der Waals surface area contributed by atoms with Crippen LogP contribution in [-0.4, -0.2) is 33.6 Å². The van der Waals surface area contributed by atoms with Gasteiger partial charge in [-0.05, 0) is 19.8 Å². The summed E-state index contributed by atoms with van der Waals surface area (Å²) in [5.41, 5.74) is 6.55. The minimum absolute atomic E-state index is 0.0237. The molecule has 5 nitrogen and oxygen atoms in total. The number of nitrogens with one attached hydrogen (secondary N) is 1. The number of anilines is 1. The van der Waals surface area contributed by atoms with Gasteiger partial charge in [0.25, 0.3) is 5.91 Å². The van der Waals surface area contributed by atoms with Crippen LogP contribution in [0, 0.1) is 0 Å². The first kappa shape index (κ1) is 11.0. The zero-order chi connectivity index (χ0) is 11.5. The van der Waals surface area contributed by atoms with Crippen LogP contribution >= 0.6 is 0 Å². The van der Waals surface area contributed by atoms with E-state index in [2.05, 4.69) is 10.2 Å². The summed E-state index contributed by atoms with van der Waals surface area (Å²) in [4.78, 5) is 14.1. The zero-order valence-electron chi connectivity index (χ0n) is 9.57. The molecular weight excluding hydrogens is 204 g/mol. The largest absolute Gasteiger partial charge is 0.396 e. The Morgan fingerprint density at radius 3 is 2.81 bits per heavy atom. The fraction of sp³-hybridized carbons (Fsp3) is 0.636. The molecule has 1 fully saturated rings. The van der Waals surface area contributed by atoms with Crippen molar-refractivity contribution in [3.63, 3.8) is 0 Å².